The first-order valence-corrected chi connectivity index (χ1v) is 7.60. The third-order valence-electron chi connectivity index (χ3n) is 3.19. The molecule has 0 atom stereocenters. The van der Waals surface area contributed by atoms with Gasteiger partial charge in [-0.3, -0.25) is 19.2 Å². The Labute approximate surface area is 147 Å². The van der Waals surface area contributed by atoms with E-state index >= 15 is 0 Å². The fourth-order valence-corrected chi connectivity index (χ4v) is 1.97. The van der Waals surface area contributed by atoms with Gasteiger partial charge >= 0.3 is 5.97 Å². The third-order valence-corrected chi connectivity index (χ3v) is 3.19. The highest BCUT2D eigenvalue weighted by atomic mass is 16.7. The van der Waals surface area contributed by atoms with Crippen LogP contribution in [0.15, 0.2) is 24.1 Å². The second kappa shape index (κ2) is 8.87. The standard InChI is InChI=1S/C15H16N2O9/c18-5-6-24-7-8-25-10(9-16-11(19)1-2-12(16)20)15(23)26-17-13(21)3-4-14(17)22/h1-2,9,18H,3-8H2. The van der Waals surface area contributed by atoms with Crippen molar-refractivity contribution in [2.45, 2.75) is 12.8 Å². The number of hydrogen-bond acceptors (Lipinski definition) is 9. The van der Waals surface area contributed by atoms with Gasteiger partial charge in [-0.05, 0) is 0 Å². The van der Waals surface area contributed by atoms with Gasteiger partial charge in [-0.25, -0.2) is 9.69 Å². The summed E-state index contributed by atoms with van der Waals surface area (Å²) in [7, 11) is 0. The number of aliphatic hydroxyl groups excluding tert-OH is 1. The predicted molar refractivity (Wildman–Crippen MR) is 80.1 cm³/mol. The number of rotatable bonds is 9. The van der Waals surface area contributed by atoms with Crippen LogP contribution in [0.2, 0.25) is 0 Å². The first kappa shape index (κ1) is 19.3. The molecular weight excluding hydrogens is 352 g/mol. The molecule has 11 heteroatoms. The molecule has 0 aromatic carbocycles. The average Bonchev–Trinajstić information content (AvgIpc) is 3.10. The predicted octanol–water partition coefficient (Wildman–Crippen LogP) is -1.61. The van der Waals surface area contributed by atoms with Crippen LogP contribution < -0.4 is 0 Å². The highest BCUT2D eigenvalue weighted by Crippen LogP contribution is 2.15. The van der Waals surface area contributed by atoms with E-state index in [2.05, 4.69) is 0 Å². The zero-order valence-electron chi connectivity index (χ0n) is 13.6. The molecule has 2 heterocycles. The molecule has 11 nitrogen and oxygen atoms in total. The number of hydroxylamine groups is 2. The molecule has 1 N–H and O–H groups in total. The Morgan fingerprint density at radius 1 is 1.04 bits per heavy atom. The van der Waals surface area contributed by atoms with Gasteiger partial charge < -0.3 is 19.4 Å². The zero-order chi connectivity index (χ0) is 19.1. The van der Waals surface area contributed by atoms with Gasteiger partial charge in [0, 0.05) is 25.0 Å². The summed E-state index contributed by atoms with van der Waals surface area (Å²) in [5, 5.41) is 8.92. The van der Waals surface area contributed by atoms with Gasteiger partial charge in [0.15, 0.2) is 0 Å². The fourth-order valence-electron chi connectivity index (χ4n) is 1.97. The monoisotopic (exact) mass is 368 g/mol. The van der Waals surface area contributed by atoms with Crippen molar-refractivity contribution < 1.29 is 43.4 Å². The number of hydrogen-bond donors (Lipinski definition) is 1. The van der Waals surface area contributed by atoms with Crippen LogP contribution >= 0.6 is 0 Å². The second-order valence-electron chi connectivity index (χ2n) is 5.02. The molecular formula is C15H16N2O9. The number of nitrogens with zero attached hydrogens (tertiary/aromatic N) is 2. The summed E-state index contributed by atoms with van der Waals surface area (Å²) in [6.07, 6.45) is 2.63. The van der Waals surface area contributed by atoms with Crippen molar-refractivity contribution in [2.75, 3.05) is 26.4 Å². The Bertz CT molecular complexity index is 649. The molecule has 0 aromatic heterocycles. The van der Waals surface area contributed by atoms with E-state index in [1.54, 1.807) is 0 Å². The Balaban J connectivity index is 2.07. The largest absolute Gasteiger partial charge is 0.483 e. The van der Waals surface area contributed by atoms with Gasteiger partial charge in [0.1, 0.15) is 6.61 Å². The summed E-state index contributed by atoms with van der Waals surface area (Å²) in [6, 6.07) is 0. The van der Waals surface area contributed by atoms with Gasteiger partial charge in [0.2, 0.25) is 5.76 Å². The van der Waals surface area contributed by atoms with Crippen LogP contribution in [0.5, 0.6) is 0 Å². The lowest BCUT2D eigenvalue weighted by Gasteiger charge is -2.16. The van der Waals surface area contributed by atoms with Crippen molar-refractivity contribution in [1.82, 2.24) is 9.96 Å². The van der Waals surface area contributed by atoms with E-state index < -0.39 is 35.4 Å². The molecule has 0 aromatic rings. The number of carbonyl (C=O) groups is 5. The summed E-state index contributed by atoms with van der Waals surface area (Å²) in [5.74, 6) is -4.59. The maximum absolute atomic E-state index is 12.2. The Kier molecular flexibility index (Phi) is 6.58. The molecule has 2 aliphatic heterocycles. The van der Waals surface area contributed by atoms with Crippen LogP contribution in [-0.4, -0.2) is 71.1 Å². The Morgan fingerprint density at radius 2 is 1.65 bits per heavy atom. The SMILES string of the molecule is O=C(ON1C(=O)CCC1=O)C(=CN1C(=O)C=CC1=O)OCCOCCO. The van der Waals surface area contributed by atoms with Gasteiger partial charge in [0.25, 0.3) is 23.6 Å². The highest BCUT2D eigenvalue weighted by Gasteiger charge is 2.34. The summed E-state index contributed by atoms with van der Waals surface area (Å²) >= 11 is 0. The molecule has 0 unspecified atom stereocenters. The number of amides is 4. The Morgan fingerprint density at radius 3 is 2.23 bits per heavy atom. The second-order valence-corrected chi connectivity index (χ2v) is 5.02. The van der Waals surface area contributed by atoms with E-state index in [-0.39, 0.29) is 39.3 Å². The summed E-state index contributed by atoms with van der Waals surface area (Å²) in [6.45, 7) is -0.331. The highest BCUT2D eigenvalue weighted by molar-refractivity contribution is 6.14. The fraction of sp³-hybridized carbons (Fsp3) is 0.400. The van der Waals surface area contributed by atoms with Crippen LogP contribution in [0.4, 0.5) is 0 Å². The minimum atomic E-state index is -1.23. The molecule has 1 saturated heterocycles. The zero-order valence-corrected chi connectivity index (χ0v) is 13.6. The van der Waals surface area contributed by atoms with E-state index in [0.29, 0.717) is 9.96 Å². The number of imide groups is 2. The third kappa shape index (κ3) is 4.74. The lowest BCUT2D eigenvalue weighted by molar-refractivity contribution is -0.197. The lowest BCUT2D eigenvalue weighted by atomic mass is 10.4. The molecule has 0 spiro atoms. The van der Waals surface area contributed by atoms with Crippen LogP contribution in [-0.2, 0) is 38.3 Å². The quantitative estimate of drug-likeness (QED) is 0.220. The van der Waals surface area contributed by atoms with Gasteiger partial charge in [0.05, 0.1) is 26.0 Å². The number of carbonyl (C=O) groups excluding carboxylic acids is 5. The van der Waals surface area contributed by atoms with Crippen molar-refractivity contribution in [3.05, 3.63) is 24.1 Å². The van der Waals surface area contributed by atoms with Gasteiger partial charge in [-0.15, -0.1) is 5.06 Å². The van der Waals surface area contributed by atoms with Crippen LogP contribution in [0, 0.1) is 0 Å². The van der Waals surface area contributed by atoms with E-state index in [1.807, 2.05) is 0 Å². The molecule has 0 saturated carbocycles. The molecule has 140 valence electrons. The van der Waals surface area contributed by atoms with Crippen LogP contribution in [0.1, 0.15) is 12.8 Å². The van der Waals surface area contributed by atoms with Crippen molar-refractivity contribution in [3.8, 4) is 0 Å². The van der Waals surface area contributed by atoms with Crippen molar-refractivity contribution in [3.63, 3.8) is 0 Å². The average molecular weight is 368 g/mol. The number of ether oxygens (including phenoxy) is 2. The van der Waals surface area contributed by atoms with E-state index in [4.69, 9.17) is 19.4 Å². The first-order valence-electron chi connectivity index (χ1n) is 7.60. The van der Waals surface area contributed by atoms with Crippen LogP contribution in [0.3, 0.4) is 0 Å². The molecule has 0 aliphatic carbocycles. The van der Waals surface area contributed by atoms with Gasteiger partial charge in [-0.1, -0.05) is 0 Å². The maximum atomic E-state index is 12.2. The maximum Gasteiger partial charge on any atom is 0.399 e. The smallest absolute Gasteiger partial charge is 0.399 e. The minimum Gasteiger partial charge on any atom is -0.483 e. The number of aliphatic hydroxyl groups is 1. The normalized spacial score (nSPS) is 17.5. The summed E-state index contributed by atoms with van der Waals surface area (Å²) in [4.78, 5) is 63.8. The first-order chi connectivity index (χ1) is 12.4. The minimum absolute atomic E-state index is 0.00705. The van der Waals surface area contributed by atoms with Crippen LogP contribution in [0.25, 0.3) is 0 Å². The van der Waals surface area contributed by atoms with E-state index in [1.165, 1.54) is 0 Å². The molecule has 1 fully saturated rings. The van der Waals surface area contributed by atoms with E-state index in [9.17, 15) is 24.0 Å². The lowest BCUT2D eigenvalue weighted by Crippen LogP contribution is -2.34. The molecule has 0 radical (unpaired) electrons. The Hall–Kier alpha value is -3.05. The summed E-state index contributed by atoms with van der Waals surface area (Å²) in [5.41, 5.74) is 0. The van der Waals surface area contributed by atoms with Crippen molar-refractivity contribution in [1.29, 1.82) is 0 Å². The molecule has 0 bridgehead atoms. The molecule has 26 heavy (non-hydrogen) atoms. The van der Waals surface area contributed by atoms with Gasteiger partial charge in [-0.2, -0.15) is 0 Å². The molecule has 2 rings (SSSR count). The summed E-state index contributed by atoms with van der Waals surface area (Å²) < 4.78 is 10.1. The van der Waals surface area contributed by atoms with Crippen molar-refractivity contribution in [2.24, 2.45) is 0 Å². The topological polar surface area (TPSA) is 140 Å². The molecule has 4 amide bonds. The molecule has 2 aliphatic rings. The van der Waals surface area contributed by atoms with Crippen molar-refractivity contribution >= 4 is 29.6 Å². The van der Waals surface area contributed by atoms with E-state index in [0.717, 1.165) is 18.4 Å².